The van der Waals surface area contributed by atoms with Gasteiger partial charge in [0.15, 0.2) is 0 Å². The first kappa shape index (κ1) is 13.4. The molecular weight excluding hydrogens is 254 g/mol. The third-order valence-electron chi connectivity index (χ3n) is 4.11. The second kappa shape index (κ2) is 5.44. The molecule has 1 saturated carbocycles. The zero-order valence-corrected chi connectivity index (χ0v) is 11.8. The summed E-state index contributed by atoms with van der Waals surface area (Å²) in [7, 11) is 0. The molecule has 1 N–H and O–H groups in total. The van der Waals surface area contributed by atoms with E-state index in [1.165, 1.54) is 5.56 Å². The number of amides is 1. The molecule has 3 rings (SSSR count). The van der Waals surface area contributed by atoms with Gasteiger partial charge < -0.3 is 14.7 Å². The maximum atomic E-state index is 12.2. The van der Waals surface area contributed by atoms with Crippen LogP contribution in [0.1, 0.15) is 38.2 Å². The van der Waals surface area contributed by atoms with Crippen molar-refractivity contribution in [3.8, 4) is 5.75 Å². The van der Waals surface area contributed by atoms with Gasteiger partial charge in [0.05, 0.1) is 12.7 Å². The van der Waals surface area contributed by atoms with E-state index < -0.39 is 0 Å². The molecule has 4 heteroatoms. The lowest BCUT2D eigenvalue weighted by Gasteiger charge is -2.43. The first-order chi connectivity index (χ1) is 9.69. The number of benzene rings is 1. The van der Waals surface area contributed by atoms with E-state index in [0.717, 1.165) is 30.9 Å². The molecule has 0 spiro atoms. The molecule has 4 nitrogen and oxygen atoms in total. The number of nitrogens with zero attached hydrogens (tertiary/aromatic N) is 1. The highest BCUT2D eigenvalue weighted by Crippen LogP contribution is 2.37. The standard InChI is InChI=1S/C16H21NO3/c1-2-7-20-14-4-5-15-11(8-14)3-6-16(19)17(15)12-9-13(18)10-12/h4-5,8,12-13,18H,2-3,6-7,9-10H2,1H3. The summed E-state index contributed by atoms with van der Waals surface area (Å²) in [4.78, 5) is 14.1. The van der Waals surface area contributed by atoms with Crippen LogP contribution < -0.4 is 9.64 Å². The third kappa shape index (κ3) is 2.40. The summed E-state index contributed by atoms with van der Waals surface area (Å²) in [5.74, 6) is 1.06. The minimum absolute atomic E-state index is 0.166. The van der Waals surface area contributed by atoms with Gasteiger partial charge in [0.2, 0.25) is 5.91 Å². The van der Waals surface area contributed by atoms with Crippen molar-refractivity contribution in [3.05, 3.63) is 23.8 Å². The largest absolute Gasteiger partial charge is 0.494 e. The fraction of sp³-hybridized carbons (Fsp3) is 0.562. The van der Waals surface area contributed by atoms with Gasteiger partial charge >= 0.3 is 0 Å². The van der Waals surface area contributed by atoms with E-state index in [1.807, 2.05) is 17.0 Å². The molecule has 0 radical (unpaired) electrons. The van der Waals surface area contributed by atoms with Gasteiger partial charge in [0.1, 0.15) is 5.75 Å². The van der Waals surface area contributed by atoms with Crippen LogP contribution in [0.4, 0.5) is 5.69 Å². The zero-order chi connectivity index (χ0) is 14.1. The molecule has 1 aliphatic heterocycles. The molecule has 2 aliphatic rings. The molecule has 0 saturated heterocycles. The Morgan fingerprint density at radius 1 is 1.35 bits per heavy atom. The number of fused-ring (bicyclic) bond motifs is 1. The van der Waals surface area contributed by atoms with E-state index in [9.17, 15) is 9.90 Å². The lowest BCUT2D eigenvalue weighted by molar-refractivity contribution is -0.120. The summed E-state index contributed by atoms with van der Waals surface area (Å²) >= 11 is 0. The van der Waals surface area contributed by atoms with Gasteiger partial charge in [-0.15, -0.1) is 0 Å². The van der Waals surface area contributed by atoms with E-state index in [-0.39, 0.29) is 18.1 Å². The maximum absolute atomic E-state index is 12.2. The Morgan fingerprint density at radius 3 is 2.85 bits per heavy atom. The van der Waals surface area contributed by atoms with Crippen molar-refractivity contribution in [2.45, 2.75) is 51.2 Å². The molecule has 1 aromatic rings. The first-order valence-electron chi connectivity index (χ1n) is 7.45. The van der Waals surface area contributed by atoms with Crippen molar-refractivity contribution in [2.75, 3.05) is 11.5 Å². The number of rotatable bonds is 4. The number of anilines is 1. The van der Waals surface area contributed by atoms with Crippen molar-refractivity contribution in [1.82, 2.24) is 0 Å². The molecule has 0 bridgehead atoms. The van der Waals surface area contributed by atoms with Crippen LogP contribution in [0.25, 0.3) is 0 Å². The van der Waals surface area contributed by atoms with Crippen LogP contribution in [0.5, 0.6) is 5.75 Å². The summed E-state index contributed by atoms with van der Waals surface area (Å²) in [6.45, 7) is 2.80. The Hall–Kier alpha value is -1.55. The number of hydrogen-bond donors (Lipinski definition) is 1. The SMILES string of the molecule is CCCOc1ccc2c(c1)CCC(=O)N2C1CC(O)C1. The molecule has 1 fully saturated rings. The Labute approximate surface area is 119 Å². The summed E-state index contributed by atoms with van der Waals surface area (Å²) in [5, 5.41) is 9.47. The molecule has 1 aromatic carbocycles. The Balaban J connectivity index is 1.83. The van der Waals surface area contributed by atoms with Crippen LogP contribution >= 0.6 is 0 Å². The number of hydrogen-bond acceptors (Lipinski definition) is 3. The van der Waals surface area contributed by atoms with Gasteiger partial charge in [-0.3, -0.25) is 4.79 Å². The lowest BCUT2D eigenvalue weighted by atomic mass is 9.85. The normalized spacial score (nSPS) is 25.1. The Kier molecular flexibility index (Phi) is 3.66. The summed E-state index contributed by atoms with van der Waals surface area (Å²) in [6.07, 6.45) is 3.46. The third-order valence-corrected chi connectivity index (χ3v) is 4.11. The van der Waals surface area contributed by atoms with Crippen molar-refractivity contribution in [1.29, 1.82) is 0 Å². The Bertz CT molecular complexity index is 508. The van der Waals surface area contributed by atoms with E-state index in [4.69, 9.17) is 4.74 Å². The second-order valence-electron chi connectivity index (χ2n) is 5.68. The minimum atomic E-state index is -0.245. The number of aliphatic hydroxyl groups is 1. The second-order valence-corrected chi connectivity index (χ2v) is 5.68. The molecule has 1 aliphatic carbocycles. The van der Waals surface area contributed by atoms with Gasteiger partial charge in [0, 0.05) is 18.2 Å². The highest BCUT2D eigenvalue weighted by Gasteiger charge is 2.38. The minimum Gasteiger partial charge on any atom is -0.494 e. The van der Waals surface area contributed by atoms with Gasteiger partial charge in [-0.1, -0.05) is 6.92 Å². The van der Waals surface area contributed by atoms with E-state index in [1.54, 1.807) is 0 Å². The van der Waals surface area contributed by atoms with Crippen LogP contribution in [0, 0.1) is 0 Å². The number of ether oxygens (including phenoxy) is 1. The van der Waals surface area contributed by atoms with E-state index in [0.29, 0.717) is 19.3 Å². The molecule has 108 valence electrons. The fourth-order valence-corrected chi connectivity index (χ4v) is 2.97. The Morgan fingerprint density at radius 2 is 2.15 bits per heavy atom. The topological polar surface area (TPSA) is 49.8 Å². The molecule has 0 atom stereocenters. The smallest absolute Gasteiger partial charge is 0.227 e. The predicted molar refractivity (Wildman–Crippen MR) is 77.1 cm³/mol. The highest BCUT2D eigenvalue weighted by atomic mass is 16.5. The quantitative estimate of drug-likeness (QED) is 0.917. The molecule has 1 heterocycles. The van der Waals surface area contributed by atoms with Crippen LogP contribution in [0.15, 0.2) is 18.2 Å². The number of aryl methyl sites for hydroxylation is 1. The summed E-state index contributed by atoms with van der Waals surface area (Å²) in [6, 6.07) is 6.15. The molecule has 0 unspecified atom stereocenters. The summed E-state index contributed by atoms with van der Waals surface area (Å²) in [5.41, 5.74) is 2.18. The number of carbonyl (C=O) groups is 1. The highest BCUT2D eigenvalue weighted by molar-refractivity contribution is 5.97. The van der Waals surface area contributed by atoms with Crippen molar-refractivity contribution < 1.29 is 14.6 Å². The zero-order valence-electron chi connectivity index (χ0n) is 11.8. The van der Waals surface area contributed by atoms with Gasteiger partial charge in [-0.05, 0) is 49.4 Å². The van der Waals surface area contributed by atoms with Crippen molar-refractivity contribution in [3.63, 3.8) is 0 Å². The van der Waals surface area contributed by atoms with Crippen LogP contribution in [0.3, 0.4) is 0 Å². The predicted octanol–water partition coefficient (Wildman–Crippen LogP) is 2.28. The number of aliphatic hydroxyl groups excluding tert-OH is 1. The monoisotopic (exact) mass is 275 g/mol. The molecule has 0 aromatic heterocycles. The van der Waals surface area contributed by atoms with Gasteiger partial charge in [-0.25, -0.2) is 0 Å². The lowest BCUT2D eigenvalue weighted by Crippen LogP contribution is -2.51. The first-order valence-corrected chi connectivity index (χ1v) is 7.45. The average Bonchev–Trinajstić information content (AvgIpc) is 2.42. The van der Waals surface area contributed by atoms with Gasteiger partial charge in [0.25, 0.3) is 0 Å². The molecule has 20 heavy (non-hydrogen) atoms. The summed E-state index contributed by atoms with van der Waals surface area (Å²) < 4.78 is 5.66. The van der Waals surface area contributed by atoms with Crippen LogP contribution in [-0.4, -0.2) is 29.8 Å². The maximum Gasteiger partial charge on any atom is 0.227 e. The van der Waals surface area contributed by atoms with Gasteiger partial charge in [-0.2, -0.15) is 0 Å². The molecular formula is C16H21NO3. The molecule has 1 amide bonds. The fourth-order valence-electron chi connectivity index (χ4n) is 2.97. The van der Waals surface area contributed by atoms with E-state index >= 15 is 0 Å². The van der Waals surface area contributed by atoms with Crippen molar-refractivity contribution >= 4 is 11.6 Å². The average molecular weight is 275 g/mol. The van der Waals surface area contributed by atoms with E-state index in [2.05, 4.69) is 13.0 Å². The number of carbonyl (C=O) groups excluding carboxylic acids is 1. The van der Waals surface area contributed by atoms with Crippen LogP contribution in [0.2, 0.25) is 0 Å². The van der Waals surface area contributed by atoms with Crippen molar-refractivity contribution in [2.24, 2.45) is 0 Å². The van der Waals surface area contributed by atoms with Crippen LogP contribution in [-0.2, 0) is 11.2 Å².